The van der Waals surface area contributed by atoms with Crippen molar-refractivity contribution < 1.29 is 13.2 Å². The van der Waals surface area contributed by atoms with Gasteiger partial charge in [0.1, 0.15) is 0 Å². The number of rotatable bonds is 3. The Labute approximate surface area is 144 Å². The Kier molecular flexibility index (Phi) is 4.71. The van der Waals surface area contributed by atoms with Gasteiger partial charge in [0.25, 0.3) is 0 Å². The molecule has 2 aliphatic rings. The highest BCUT2D eigenvalue weighted by Gasteiger charge is 2.46. The Morgan fingerprint density at radius 1 is 1.17 bits per heavy atom. The minimum atomic E-state index is -3.12. The van der Waals surface area contributed by atoms with Gasteiger partial charge < -0.3 is 4.90 Å². The van der Waals surface area contributed by atoms with Crippen LogP contribution >= 0.6 is 0 Å². The number of benzene rings is 1. The van der Waals surface area contributed by atoms with Crippen molar-refractivity contribution in [2.24, 2.45) is 5.41 Å². The molecule has 2 fully saturated rings. The highest BCUT2D eigenvalue weighted by atomic mass is 32.2. The van der Waals surface area contributed by atoms with E-state index < -0.39 is 10.0 Å². The van der Waals surface area contributed by atoms with Crippen molar-refractivity contribution in [3.05, 3.63) is 35.9 Å². The third-order valence-electron chi connectivity index (χ3n) is 5.61. The molecule has 3 rings (SSSR count). The summed E-state index contributed by atoms with van der Waals surface area (Å²) in [5.41, 5.74) is 1.11. The summed E-state index contributed by atoms with van der Waals surface area (Å²) in [5.74, 6) is 0.101. The van der Waals surface area contributed by atoms with E-state index >= 15 is 0 Å². The third kappa shape index (κ3) is 3.35. The SMILES string of the molecule is CCN1CC2(CCN(S(C)(=O)=O)CC2)C[C@@H](c2ccccc2)C1=O. The molecule has 2 aliphatic heterocycles. The first-order valence-corrected chi connectivity index (χ1v) is 10.5. The van der Waals surface area contributed by atoms with Gasteiger partial charge >= 0.3 is 0 Å². The van der Waals surface area contributed by atoms with E-state index in [9.17, 15) is 13.2 Å². The lowest BCUT2D eigenvalue weighted by Gasteiger charge is -2.49. The lowest BCUT2D eigenvalue weighted by Crippen LogP contribution is -2.54. The molecule has 2 heterocycles. The average Bonchev–Trinajstić information content (AvgIpc) is 2.57. The van der Waals surface area contributed by atoms with E-state index in [2.05, 4.69) is 0 Å². The van der Waals surface area contributed by atoms with Crippen LogP contribution in [0.4, 0.5) is 0 Å². The molecule has 0 aliphatic carbocycles. The van der Waals surface area contributed by atoms with Crippen LogP contribution < -0.4 is 0 Å². The maximum absolute atomic E-state index is 12.8. The van der Waals surface area contributed by atoms with Crippen LogP contribution in [0.5, 0.6) is 0 Å². The van der Waals surface area contributed by atoms with Gasteiger partial charge in [0, 0.05) is 26.2 Å². The molecule has 5 nitrogen and oxygen atoms in total. The van der Waals surface area contributed by atoms with Gasteiger partial charge in [-0.25, -0.2) is 12.7 Å². The first-order valence-electron chi connectivity index (χ1n) is 8.63. The van der Waals surface area contributed by atoms with Crippen LogP contribution in [-0.4, -0.2) is 56.0 Å². The second-order valence-corrected chi connectivity index (χ2v) is 9.16. The van der Waals surface area contributed by atoms with Crippen molar-refractivity contribution in [3.63, 3.8) is 0 Å². The minimum Gasteiger partial charge on any atom is -0.342 e. The summed E-state index contributed by atoms with van der Waals surface area (Å²) < 4.78 is 25.1. The number of carbonyl (C=O) groups is 1. The molecule has 24 heavy (non-hydrogen) atoms. The Balaban J connectivity index is 1.84. The second-order valence-electron chi connectivity index (χ2n) is 7.18. The van der Waals surface area contributed by atoms with Crippen LogP contribution in [-0.2, 0) is 14.8 Å². The Morgan fingerprint density at radius 3 is 2.33 bits per heavy atom. The molecule has 1 aromatic rings. The maximum Gasteiger partial charge on any atom is 0.230 e. The van der Waals surface area contributed by atoms with Gasteiger partial charge in [-0.1, -0.05) is 30.3 Å². The number of likely N-dealkylation sites (tertiary alicyclic amines) is 1. The fourth-order valence-corrected chi connectivity index (χ4v) is 5.00. The van der Waals surface area contributed by atoms with Crippen LogP contribution in [0.2, 0.25) is 0 Å². The zero-order chi connectivity index (χ0) is 17.4. The predicted molar refractivity (Wildman–Crippen MR) is 94.1 cm³/mol. The van der Waals surface area contributed by atoms with E-state index in [1.165, 1.54) is 6.26 Å². The van der Waals surface area contributed by atoms with Crippen LogP contribution in [0, 0.1) is 5.41 Å². The summed E-state index contributed by atoms with van der Waals surface area (Å²) in [6.07, 6.45) is 3.75. The van der Waals surface area contributed by atoms with Gasteiger partial charge in [0.15, 0.2) is 0 Å². The van der Waals surface area contributed by atoms with Crippen molar-refractivity contribution in [3.8, 4) is 0 Å². The first kappa shape index (κ1) is 17.4. The fourth-order valence-electron chi connectivity index (χ4n) is 4.16. The second kappa shape index (κ2) is 6.48. The van der Waals surface area contributed by atoms with E-state index in [1.807, 2.05) is 42.2 Å². The monoisotopic (exact) mass is 350 g/mol. The molecular formula is C18H26N2O3S. The van der Waals surface area contributed by atoms with Gasteiger partial charge in [0.05, 0.1) is 12.2 Å². The summed E-state index contributed by atoms with van der Waals surface area (Å²) in [6, 6.07) is 9.98. The van der Waals surface area contributed by atoms with Crippen molar-refractivity contribution in [1.29, 1.82) is 0 Å². The van der Waals surface area contributed by atoms with Gasteiger partial charge in [-0.05, 0) is 37.2 Å². The smallest absolute Gasteiger partial charge is 0.230 e. The number of likely N-dealkylation sites (N-methyl/N-ethyl adjacent to an activating group) is 1. The molecule has 6 heteroatoms. The van der Waals surface area contributed by atoms with Crippen molar-refractivity contribution >= 4 is 15.9 Å². The van der Waals surface area contributed by atoms with Crippen molar-refractivity contribution in [1.82, 2.24) is 9.21 Å². The average molecular weight is 350 g/mol. The summed E-state index contributed by atoms with van der Waals surface area (Å²) in [6.45, 7) is 4.60. The zero-order valence-electron chi connectivity index (χ0n) is 14.4. The Hall–Kier alpha value is -1.40. The van der Waals surface area contributed by atoms with E-state index in [0.717, 1.165) is 31.4 Å². The summed E-state index contributed by atoms with van der Waals surface area (Å²) >= 11 is 0. The van der Waals surface area contributed by atoms with Crippen molar-refractivity contribution in [2.75, 3.05) is 32.4 Å². The highest BCUT2D eigenvalue weighted by Crippen LogP contribution is 2.45. The number of hydrogen-bond donors (Lipinski definition) is 0. The number of sulfonamides is 1. The molecule has 0 aromatic heterocycles. The fraction of sp³-hybridized carbons (Fsp3) is 0.611. The normalized spacial score (nSPS) is 25.2. The largest absolute Gasteiger partial charge is 0.342 e. The zero-order valence-corrected chi connectivity index (χ0v) is 15.3. The molecular weight excluding hydrogens is 324 g/mol. The molecule has 0 unspecified atom stereocenters. The Morgan fingerprint density at radius 2 is 1.79 bits per heavy atom. The number of amides is 1. The van der Waals surface area contributed by atoms with E-state index in [4.69, 9.17) is 0 Å². The minimum absolute atomic E-state index is 0.0334. The number of piperidine rings is 2. The van der Waals surface area contributed by atoms with Gasteiger partial charge in [-0.3, -0.25) is 4.79 Å². The van der Waals surface area contributed by atoms with Gasteiger partial charge in [-0.15, -0.1) is 0 Å². The molecule has 0 bridgehead atoms. The van der Waals surface area contributed by atoms with Crippen molar-refractivity contribution in [2.45, 2.75) is 32.1 Å². The van der Waals surface area contributed by atoms with Crippen LogP contribution in [0.1, 0.15) is 37.7 Å². The van der Waals surface area contributed by atoms with E-state index in [-0.39, 0.29) is 17.2 Å². The Bertz CT molecular complexity index is 694. The lowest BCUT2D eigenvalue weighted by atomic mass is 9.68. The summed E-state index contributed by atoms with van der Waals surface area (Å²) in [7, 11) is -3.12. The van der Waals surface area contributed by atoms with Crippen LogP contribution in [0.25, 0.3) is 0 Å². The number of hydrogen-bond acceptors (Lipinski definition) is 3. The summed E-state index contributed by atoms with van der Waals surface area (Å²) in [4.78, 5) is 14.8. The third-order valence-corrected chi connectivity index (χ3v) is 6.91. The van der Waals surface area contributed by atoms with Crippen LogP contribution in [0.15, 0.2) is 30.3 Å². The molecule has 0 saturated carbocycles. The first-order chi connectivity index (χ1) is 11.3. The molecule has 1 aromatic carbocycles. The number of carbonyl (C=O) groups excluding carboxylic acids is 1. The standard InChI is InChI=1S/C18H26N2O3S/c1-3-19-14-18(9-11-20(12-10-18)24(2,22)23)13-16(17(19)21)15-7-5-4-6-8-15/h4-8,16H,3,9-14H2,1-2H3/t16-/m0/s1. The van der Waals surface area contributed by atoms with Gasteiger partial charge in [-0.2, -0.15) is 0 Å². The van der Waals surface area contributed by atoms with Crippen LogP contribution in [0.3, 0.4) is 0 Å². The maximum atomic E-state index is 12.8. The highest BCUT2D eigenvalue weighted by molar-refractivity contribution is 7.88. The van der Waals surface area contributed by atoms with Gasteiger partial charge in [0.2, 0.25) is 15.9 Å². The summed E-state index contributed by atoms with van der Waals surface area (Å²) in [5, 5.41) is 0. The predicted octanol–water partition coefficient (Wildman–Crippen LogP) is 2.06. The molecule has 1 atom stereocenters. The van der Waals surface area contributed by atoms with E-state index in [1.54, 1.807) is 4.31 Å². The van der Waals surface area contributed by atoms with E-state index in [0.29, 0.717) is 19.6 Å². The quantitative estimate of drug-likeness (QED) is 0.838. The molecule has 2 saturated heterocycles. The topological polar surface area (TPSA) is 57.7 Å². The molecule has 1 spiro atoms. The molecule has 0 N–H and O–H groups in total. The molecule has 1 amide bonds. The number of nitrogens with zero attached hydrogens (tertiary/aromatic N) is 2. The molecule has 0 radical (unpaired) electrons. The molecule has 132 valence electrons. The lowest BCUT2D eigenvalue weighted by molar-refractivity contribution is -0.141.